The lowest BCUT2D eigenvalue weighted by molar-refractivity contribution is -0.148. The van der Waals surface area contributed by atoms with Crippen LogP contribution < -0.4 is 0 Å². The van der Waals surface area contributed by atoms with Gasteiger partial charge < -0.3 is 9.84 Å². The molecule has 0 aliphatic carbocycles. The normalized spacial score (nSPS) is 13.9. The summed E-state index contributed by atoms with van der Waals surface area (Å²) in [5.41, 5.74) is 0. The zero-order valence-corrected chi connectivity index (χ0v) is 10.4. The van der Waals surface area contributed by atoms with E-state index < -0.39 is 28.2 Å². The second-order valence-electron chi connectivity index (χ2n) is 3.10. The van der Waals surface area contributed by atoms with E-state index in [4.69, 9.17) is 9.84 Å². The maximum atomic E-state index is 11.3. The molecule has 6 heteroatoms. The lowest BCUT2D eigenvalue weighted by Gasteiger charge is -2.15. The van der Waals surface area contributed by atoms with Crippen molar-refractivity contribution >= 4 is 29.5 Å². The van der Waals surface area contributed by atoms with Crippen LogP contribution in [0.2, 0.25) is 0 Å². The molecule has 92 valence electrons. The quantitative estimate of drug-likeness (QED) is 0.537. The second kappa shape index (κ2) is 7.27. The predicted molar refractivity (Wildman–Crippen MR) is 60.4 cm³/mol. The van der Waals surface area contributed by atoms with Gasteiger partial charge in [-0.25, -0.2) is 4.79 Å². The summed E-state index contributed by atoms with van der Waals surface area (Å²) in [6.45, 7) is 5.26. The number of esters is 1. The van der Waals surface area contributed by atoms with Crippen LogP contribution in [0.5, 0.6) is 0 Å². The summed E-state index contributed by atoms with van der Waals surface area (Å²) >= 11 is 1.02. The van der Waals surface area contributed by atoms with Gasteiger partial charge in [-0.3, -0.25) is 9.59 Å². The van der Waals surface area contributed by atoms with Crippen LogP contribution in [0.15, 0.2) is 0 Å². The first kappa shape index (κ1) is 15.0. The molecule has 0 saturated carbocycles. The van der Waals surface area contributed by atoms with Crippen LogP contribution in [0.25, 0.3) is 0 Å². The molecule has 0 spiro atoms. The molecule has 0 aromatic heterocycles. The topological polar surface area (TPSA) is 80.7 Å². The van der Waals surface area contributed by atoms with E-state index in [1.807, 2.05) is 0 Å². The molecule has 0 amide bonds. The van der Waals surface area contributed by atoms with Gasteiger partial charge in [-0.1, -0.05) is 6.92 Å². The molecule has 0 aromatic rings. The van der Waals surface area contributed by atoms with Crippen LogP contribution >= 0.6 is 11.8 Å². The van der Waals surface area contributed by atoms with Crippen molar-refractivity contribution in [1.29, 1.82) is 0 Å². The first-order chi connectivity index (χ1) is 7.43. The smallest absolute Gasteiger partial charge is 0.373 e. The largest absolute Gasteiger partial charge is 0.475 e. The van der Waals surface area contributed by atoms with E-state index in [-0.39, 0.29) is 6.61 Å². The zero-order valence-electron chi connectivity index (χ0n) is 9.56. The average Bonchev–Trinajstić information content (AvgIpc) is 2.24. The summed E-state index contributed by atoms with van der Waals surface area (Å²) in [4.78, 5) is 33.0. The molecule has 0 rings (SSSR count). The number of thioether (sulfide) groups is 1. The third kappa shape index (κ3) is 4.65. The van der Waals surface area contributed by atoms with Gasteiger partial charge in [0.2, 0.25) is 0 Å². The second-order valence-corrected chi connectivity index (χ2v) is 4.64. The van der Waals surface area contributed by atoms with E-state index in [0.717, 1.165) is 11.8 Å². The lowest BCUT2D eigenvalue weighted by Crippen LogP contribution is -2.29. The van der Waals surface area contributed by atoms with Gasteiger partial charge in [0.15, 0.2) is 0 Å². The van der Waals surface area contributed by atoms with Gasteiger partial charge in [-0.15, -0.1) is 11.8 Å². The summed E-state index contributed by atoms with van der Waals surface area (Å²) < 4.78 is 4.77. The number of hydrogen-bond acceptors (Lipinski definition) is 5. The molecule has 1 N–H and O–H groups in total. The molecule has 0 bridgehead atoms. The van der Waals surface area contributed by atoms with Crippen molar-refractivity contribution in [1.82, 2.24) is 0 Å². The fourth-order valence-electron chi connectivity index (χ4n) is 1.04. The fourth-order valence-corrected chi connectivity index (χ4v) is 2.13. The van der Waals surface area contributed by atoms with Gasteiger partial charge in [-0.2, -0.15) is 0 Å². The van der Waals surface area contributed by atoms with E-state index in [1.165, 1.54) is 0 Å². The molecule has 0 aromatic carbocycles. The van der Waals surface area contributed by atoms with Crippen LogP contribution in [0.4, 0.5) is 0 Å². The maximum Gasteiger partial charge on any atom is 0.373 e. The Morgan fingerprint density at radius 3 is 2.25 bits per heavy atom. The van der Waals surface area contributed by atoms with Crippen molar-refractivity contribution in [3.05, 3.63) is 0 Å². The van der Waals surface area contributed by atoms with Crippen molar-refractivity contribution in [2.75, 3.05) is 6.61 Å². The highest BCUT2D eigenvalue weighted by molar-refractivity contribution is 8.01. The molecule has 5 nitrogen and oxygen atoms in total. The van der Waals surface area contributed by atoms with E-state index in [1.54, 1.807) is 20.8 Å². The third-order valence-electron chi connectivity index (χ3n) is 1.86. The SMILES string of the molecule is CCOC(=O)C(C)SC(CC)C(=O)C(=O)O. The van der Waals surface area contributed by atoms with E-state index in [2.05, 4.69) is 0 Å². The summed E-state index contributed by atoms with van der Waals surface area (Å²) in [5.74, 6) is -2.76. The molecule has 2 unspecified atom stereocenters. The third-order valence-corrected chi connectivity index (χ3v) is 3.34. The number of rotatable bonds is 7. The Morgan fingerprint density at radius 1 is 1.31 bits per heavy atom. The summed E-state index contributed by atoms with van der Waals surface area (Å²) in [7, 11) is 0. The summed E-state index contributed by atoms with van der Waals surface area (Å²) in [6.07, 6.45) is 0.375. The molecule has 2 atom stereocenters. The van der Waals surface area contributed by atoms with Crippen molar-refractivity contribution in [2.45, 2.75) is 37.7 Å². The first-order valence-electron chi connectivity index (χ1n) is 5.03. The molecule has 0 aliphatic heterocycles. The van der Waals surface area contributed by atoms with Gasteiger partial charge in [-0.05, 0) is 20.3 Å². The van der Waals surface area contributed by atoms with Gasteiger partial charge in [0.05, 0.1) is 11.9 Å². The molecule has 0 aliphatic rings. The zero-order chi connectivity index (χ0) is 12.7. The van der Waals surface area contributed by atoms with Crippen molar-refractivity contribution in [2.24, 2.45) is 0 Å². The molecular weight excluding hydrogens is 232 g/mol. The average molecular weight is 248 g/mol. The summed E-state index contributed by atoms with van der Waals surface area (Å²) in [5, 5.41) is 7.33. The Labute approximate surface area is 98.5 Å². The van der Waals surface area contributed by atoms with E-state index >= 15 is 0 Å². The number of ketones is 1. The van der Waals surface area contributed by atoms with Gasteiger partial charge in [0.25, 0.3) is 5.78 Å². The van der Waals surface area contributed by atoms with Gasteiger partial charge >= 0.3 is 11.9 Å². The van der Waals surface area contributed by atoms with Gasteiger partial charge in [0.1, 0.15) is 5.25 Å². The number of ether oxygens (including phenoxy) is 1. The monoisotopic (exact) mass is 248 g/mol. The highest BCUT2D eigenvalue weighted by atomic mass is 32.2. The number of carbonyl (C=O) groups excluding carboxylic acids is 2. The number of carboxylic acid groups (broad SMARTS) is 1. The van der Waals surface area contributed by atoms with Crippen LogP contribution in [0.3, 0.4) is 0 Å². The molecule has 0 radical (unpaired) electrons. The molecule has 0 saturated heterocycles. The number of Topliss-reactive ketones (excluding diaryl/α,β-unsaturated/α-hetero) is 1. The minimum atomic E-state index is -1.46. The van der Waals surface area contributed by atoms with Crippen LogP contribution in [-0.4, -0.2) is 39.9 Å². The van der Waals surface area contributed by atoms with Crippen molar-refractivity contribution in [3.63, 3.8) is 0 Å². The van der Waals surface area contributed by atoms with Crippen molar-refractivity contribution in [3.8, 4) is 0 Å². The standard InChI is InChI=1S/C10H16O5S/c1-4-7(8(11)9(12)13)16-6(3)10(14)15-5-2/h6-7H,4-5H2,1-3H3,(H,12,13). The molecular formula is C10H16O5S. The Bertz CT molecular complexity index is 276. The van der Waals surface area contributed by atoms with E-state index in [9.17, 15) is 14.4 Å². The highest BCUT2D eigenvalue weighted by Crippen LogP contribution is 2.22. The predicted octanol–water partition coefficient (Wildman–Crippen LogP) is 1.10. The lowest BCUT2D eigenvalue weighted by atomic mass is 10.2. The highest BCUT2D eigenvalue weighted by Gasteiger charge is 2.28. The molecule has 16 heavy (non-hydrogen) atoms. The number of aliphatic carboxylic acids is 1. The van der Waals surface area contributed by atoms with Crippen LogP contribution in [0, 0.1) is 0 Å². The van der Waals surface area contributed by atoms with E-state index in [0.29, 0.717) is 6.42 Å². The van der Waals surface area contributed by atoms with Crippen molar-refractivity contribution < 1.29 is 24.2 Å². The Hall–Kier alpha value is -1.04. The molecule has 0 heterocycles. The number of carbonyl (C=O) groups is 3. The van der Waals surface area contributed by atoms with Gasteiger partial charge in [0, 0.05) is 0 Å². The Morgan fingerprint density at radius 2 is 1.88 bits per heavy atom. The first-order valence-corrected chi connectivity index (χ1v) is 5.97. The number of carboxylic acids is 1. The maximum absolute atomic E-state index is 11.3. The van der Waals surface area contributed by atoms with Crippen LogP contribution in [-0.2, 0) is 19.1 Å². The minimum absolute atomic E-state index is 0.271. The summed E-state index contributed by atoms with van der Waals surface area (Å²) in [6, 6.07) is 0. The molecule has 0 fully saturated rings. The Kier molecular flexibility index (Phi) is 6.80. The van der Waals surface area contributed by atoms with Crippen LogP contribution in [0.1, 0.15) is 27.2 Å². The Balaban J connectivity index is 4.37. The number of hydrogen-bond donors (Lipinski definition) is 1. The fraction of sp³-hybridized carbons (Fsp3) is 0.700. The minimum Gasteiger partial charge on any atom is -0.475 e.